The summed E-state index contributed by atoms with van der Waals surface area (Å²) >= 11 is 0. The summed E-state index contributed by atoms with van der Waals surface area (Å²) in [5.41, 5.74) is 1.60. The van der Waals surface area contributed by atoms with E-state index in [4.69, 9.17) is 0 Å². The molecule has 0 aromatic heterocycles. The first-order valence-electron chi connectivity index (χ1n) is 13.1. The molecule has 1 amide bonds. The molecule has 3 nitrogen and oxygen atoms in total. The SMILES string of the molecule is C=C1CC[C@]2(C)[C@@H](CC[C@H]3[C@H]2CC(=O)[C@]2(C)[C@@H]3CC[C@H]2[C@@H](C)CCC(=O)NC(C)C)C1. The van der Waals surface area contributed by atoms with Crippen molar-refractivity contribution < 1.29 is 9.59 Å². The summed E-state index contributed by atoms with van der Waals surface area (Å²) in [5.74, 6) is 4.16. The molecule has 0 radical (unpaired) electrons. The highest BCUT2D eigenvalue weighted by atomic mass is 16.1. The molecule has 4 fully saturated rings. The van der Waals surface area contributed by atoms with Gasteiger partial charge in [-0.05, 0) is 106 Å². The Kier molecular flexibility index (Phi) is 6.20. The lowest BCUT2D eigenvalue weighted by molar-refractivity contribution is -0.156. The second-order valence-electron chi connectivity index (χ2n) is 12.4. The van der Waals surface area contributed by atoms with Gasteiger partial charge < -0.3 is 5.32 Å². The van der Waals surface area contributed by atoms with Crippen LogP contribution in [0.1, 0.15) is 98.8 Å². The molecule has 4 saturated carbocycles. The maximum atomic E-state index is 13.8. The Bertz CT molecular complexity index is 741. The molecule has 0 aromatic carbocycles. The van der Waals surface area contributed by atoms with Crippen LogP contribution in [0.2, 0.25) is 0 Å². The van der Waals surface area contributed by atoms with Gasteiger partial charge in [0.05, 0.1) is 0 Å². The molecule has 0 aliphatic heterocycles. The minimum absolute atomic E-state index is 0.154. The van der Waals surface area contributed by atoms with Crippen LogP contribution < -0.4 is 5.32 Å². The quantitative estimate of drug-likeness (QED) is 0.522. The molecule has 1 N–H and O–H groups in total. The lowest BCUT2D eigenvalue weighted by Gasteiger charge is -2.60. The fourth-order valence-corrected chi connectivity index (χ4v) is 8.76. The predicted octanol–water partition coefficient (Wildman–Crippen LogP) is 6.32. The average Bonchev–Trinajstić information content (AvgIpc) is 3.06. The van der Waals surface area contributed by atoms with E-state index in [9.17, 15) is 9.59 Å². The van der Waals surface area contributed by atoms with Crippen molar-refractivity contribution in [3.63, 3.8) is 0 Å². The van der Waals surface area contributed by atoms with Gasteiger partial charge in [0.15, 0.2) is 0 Å². The van der Waals surface area contributed by atoms with Gasteiger partial charge in [0.1, 0.15) is 5.78 Å². The van der Waals surface area contributed by atoms with E-state index in [1.54, 1.807) is 0 Å². The van der Waals surface area contributed by atoms with E-state index in [1.165, 1.54) is 44.1 Å². The molecule has 8 atom stereocenters. The lowest BCUT2D eigenvalue weighted by Crippen LogP contribution is -2.56. The van der Waals surface area contributed by atoms with Crippen LogP contribution in [-0.2, 0) is 9.59 Å². The molecule has 174 valence electrons. The lowest BCUT2D eigenvalue weighted by atomic mass is 9.44. The number of carbonyl (C=O) groups excluding carboxylic acids is 2. The number of hydrogen-bond acceptors (Lipinski definition) is 2. The minimum atomic E-state index is -0.170. The van der Waals surface area contributed by atoms with E-state index in [-0.39, 0.29) is 17.4 Å². The van der Waals surface area contributed by atoms with Crippen molar-refractivity contribution in [3.05, 3.63) is 12.2 Å². The van der Waals surface area contributed by atoms with Gasteiger partial charge in [0.25, 0.3) is 0 Å². The molecule has 4 aliphatic rings. The number of hydrogen-bond donors (Lipinski definition) is 1. The van der Waals surface area contributed by atoms with Crippen molar-refractivity contribution in [2.75, 3.05) is 0 Å². The largest absolute Gasteiger partial charge is 0.354 e. The topological polar surface area (TPSA) is 46.2 Å². The van der Waals surface area contributed by atoms with Crippen LogP contribution in [0.5, 0.6) is 0 Å². The van der Waals surface area contributed by atoms with Gasteiger partial charge in [0.2, 0.25) is 5.91 Å². The first kappa shape index (κ1) is 23.1. The zero-order valence-corrected chi connectivity index (χ0v) is 20.6. The standard InChI is InChI=1S/C28H45NO2/c1-17(2)29-26(31)12-7-19(4)22-10-11-23-21-9-8-20-15-18(3)13-14-27(20,5)24(21)16-25(30)28(22,23)6/h17,19-24H,3,7-16H2,1-2,4-6H3,(H,29,31)/t19-,20-,21+,22-,23+,24+,27+,28-/m0/s1. The first-order valence-corrected chi connectivity index (χ1v) is 13.1. The number of ketones is 1. The summed E-state index contributed by atoms with van der Waals surface area (Å²) in [6.45, 7) is 15.4. The maximum absolute atomic E-state index is 13.8. The van der Waals surface area contributed by atoms with Crippen molar-refractivity contribution in [2.45, 2.75) is 105 Å². The molecule has 4 rings (SSSR count). The van der Waals surface area contributed by atoms with E-state index in [2.05, 4.69) is 32.7 Å². The Balaban J connectivity index is 1.49. The number of rotatable bonds is 5. The van der Waals surface area contributed by atoms with Crippen molar-refractivity contribution in [1.29, 1.82) is 0 Å². The fourth-order valence-electron chi connectivity index (χ4n) is 8.76. The zero-order valence-electron chi connectivity index (χ0n) is 20.6. The monoisotopic (exact) mass is 427 g/mol. The summed E-state index contributed by atoms with van der Waals surface area (Å²) < 4.78 is 0. The molecule has 0 unspecified atom stereocenters. The maximum Gasteiger partial charge on any atom is 0.220 e. The average molecular weight is 428 g/mol. The molecule has 3 heteroatoms. The summed E-state index contributed by atoms with van der Waals surface area (Å²) in [6.07, 6.45) is 10.9. The highest BCUT2D eigenvalue weighted by Gasteiger charge is 2.63. The molecule has 0 heterocycles. The zero-order chi connectivity index (χ0) is 22.6. The second-order valence-corrected chi connectivity index (χ2v) is 12.4. The van der Waals surface area contributed by atoms with Gasteiger partial charge in [-0.3, -0.25) is 9.59 Å². The van der Waals surface area contributed by atoms with Crippen LogP contribution in [0.4, 0.5) is 0 Å². The Morgan fingerprint density at radius 2 is 1.84 bits per heavy atom. The van der Waals surface area contributed by atoms with E-state index < -0.39 is 0 Å². The van der Waals surface area contributed by atoms with E-state index in [0.717, 1.165) is 31.1 Å². The molecule has 0 bridgehead atoms. The number of allylic oxidation sites excluding steroid dienone is 1. The van der Waals surface area contributed by atoms with Crippen LogP contribution in [0.3, 0.4) is 0 Å². The third kappa shape index (κ3) is 3.82. The second kappa shape index (κ2) is 8.34. The van der Waals surface area contributed by atoms with Crippen molar-refractivity contribution in [3.8, 4) is 0 Å². The van der Waals surface area contributed by atoms with Crippen molar-refractivity contribution >= 4 is 11.7 Å². The van der Waals surface area contributed by atoms with Crippen molar-refractivity contribution in [1.82, 2.24) is 5.32 Å². The first-order chi connectivity index (χ1) is 14.6. The minimum Gasteiger partial charge on any atom is -0.354 e. The number of fused-ring (bicyclic) bond motifs is 5. The highest BCUT2D eigenvalue weighted by molar-refractivity contribution is 5.87. The molecule has 0 saturated heterocycles. The number of carbonyl (C=O) groups is 2. The summed E-state index contributed by atoms with van der Waals surface area (Å²) in [6, 6.07) is 0.196. The molecule has 4 aliphatic carbocycles. The van der Waals surface area contributed by atoms with Crippen LogP contribution in [0.25, 0.3) is 0 Å². The van der Waals surface area contributed by atoms with Crippen LogP contribution in [-0.4, -0.2) is 17.7 Å². The molecule has 0 aromatic rings. The third-order valence-electron chi connectivity index (χ3n) is 10.5. The van der Waals surface area contributed by atoms with Gasteiger partial charge in [-0.2, -0.15) is 0 Å². The Hall–Kier alpha value is -1.12. The predicted molar refractivity (Wildman–Crippen MR) is 126 cm³/mol. The number of Topliss-reactive ketones (excluding diaryl/α,β-unsaturated/α-hetero) is 1. The Morgan fingerprint density at radius 3 is 2.55 bits per heavy atom. The molecular weight excluding hydrogens is 382 g/mol. The van der Waals surface area contributed by atoms with E-state index >= 15 is 0 Å². The van der Waals surface area contributed by atoms with E-state index in [0.29, 0.717) is 41.3 Å². The molecule has 31 heavy (non-hydrogen) atoms. The van der Waals surface area contributed by atoms with Crippen LogP contribution in [0.15, 0.2) is 12.2 Å². The Morgan fingerprint density at radius 1 is 1.10 bits per heavy atom. The fraction of sp³-hybridized carbons (Fsp3) is 0.857. The summed E-state index contributed by atoms with van der Waals surface area (Å²) in [5, 5.41) is 3.02. The van der Waals surface area contributed by atoms with Crippen LogP contribution >= 0.6 is 0 Å². The summed E-state index contributed by atoms with van der Waals surface area (Å²) in [7, 11) is 0. The van der Waals surface area contributed by atoms with Gasteiger partial charge in [-0.15, -0.1) is 0 Å². The number of amides is 1. The molecular formula is C28H45NO2. The van der Waals surface area contributed by atoms with Crippen molar-refractivity contribution in [2.24, 2.45) is 46.3 Å². The smallest absolute Gasteiger partial charge is 0.220 e. The van der Waals surface area contributed by atoms with Crippen LogP contribution in [0, 0.1) is 46.3 Å². The van der Waals surface area contributed by atoms with Gasteiger partial charge in [-0.25, -0.2) is 0 Å². The normalized spacial score (nSPS) is 43.2. The summed E-state index contributed by atoms with van der Waals surface area (Å²) in [4.78, 5) is 26.0. The third-order valence-corrected chi connectivity index (χ3v) is 10.5. The number of nitrogens with one attached hydrogen (secondary N) is 1. The Labute approximate surface area is 190 Å². The highest BCUT2D eigenvalue weighted by Crippen LogP contribution is 2.67. The van der Waals surface area contributed by atoms with E-state index in [1.807, 2.05) is 13.8 Å². The molecule has 0 spiro atoms. The van der Waals surface area contributed by atoms with Gasteiger partial charge in [-0.1, -0.05) is 32.9 Å². The van der Waals surface area contributed by atoms with Gasteiger partial charge >= 0.3 is 0 Å². The van der Waals surface area contributed by atoms with Gasteiger partial charge in [0, 0.05) is 24.3 Å².